The third-order valence-corrected chi connectivity index (χ3v) is 4.04. The van der Waals surface area contributed by atoms with Gasteiger partial charge in [0.1, 0.15) is 0 Å². The quantitative estimate of drug-likeness (QED) is 0.754. The normalized spacial score (nSPS) is 16.1. The second-order valence-electron chi connectivity index (χ2n) is 6.04. The summed E-state index contributed by atoms with van der Waals surface area (Å²) in [7, 11) is 0. The minimum atomic E-state index is -0.220. The fourth-order valence-corrected chi connectivity index (χ4v) is 2.85. The van der Waals surface area contributed by atoms with Crippen molar-refractivity contribution in [1.82, 2.24) is 15.2 Å². The van der Waals surface area contributed by atoms with Gasteiger partial charge in [0.25, 0.3) is 0 Å². The summed E-state index contributed by atoms with van der Waals surface area (Å²) in [5.41, 5.74) is 7.81. The molecule has 2 rings (SSSR count). The Kier molecular flexibility index (Phi) is 5.92. The Morgan fingerprint density at radius 1 is 1.26 bits per heavy atom. The molecule has 1 saturated heterocycles. The number of carbonyl (C=O) groups is 2. The number of urea groups is 1. The summed E-state index contributed by atoms with van der Waals surface area (Å²) in [4.78, 5) is 29.5. The van der Waals surface area contributed by atoms with Gasteiger partial charge in [0, 0.05) is 36.1 Å². The third-order valence-electron chi connectivity index (χ3n) is 4.04. The number of amides is 3. The Hall–Kier alpha value is -2.15. The third kappa shape index (κ3) is 5.52. The zero-order valence-corrected chi connectivity index (χ0v) is 13.8. The molecule has 2 heterocycles. The number of likely N-dealkylation sites (tertiary alicyclic amines) is 1. The summed E-state index contributed by atoms with van der Waals surface area (Å²) in [6.07, 6.45) is 1.61. The fraction of sp³-hybridized carbons (Fsp3) is 0.562. The lowest BCUT2D eigenvalue weighted by Gasteiger charge is -2.30. The van der Waals surface area contributed by atoms with Gasteiger partial charge in [-0.2, -0.15) is 0 Å². The minimum Gasteiger partial charge on any atom is -0.369 e. The summed E-state index contributed by atoms with van der Waals surface area (Å²) in [6, 6.07) is 3.45. The maximum Gasteiger partial charge on any atom is 0.319 e. The Labute approximate surface area is 136 Å². The van der Waals surface area contributed by atoms with E-state index in [-0.39, 0.29) is 17.9 Å². The van der Waals surface area contributed by atoms with Crippen molar-refractivity contribution in [3.05, 3.63) is 23.5 Å². The van der Waals surface area contributed by atoms with Crippen molar-refractivity contribution in [2.45, 2.75) is 26.7 Å². The Morgan fingerprint density at radius 2 is 1.87 bits per heavy atom. The van der Waals surface area contributed by atoms with Crippen molar-refractivity contribution >= 4 is 17.6 Å². The highest BCUT2D eigenvalue weighted by molar-refractivity contribution is 5.89. The molecule has 1 aromatic heterocycles. The van der Waals surface area contributed by atoms with E-state index in [1.54, 1.807) is 0 Å². The lowest BCUT2D eigenvalue weighted by atomic mass is 9.96. The lowest BCUT2D eigenvalue weighted by molar-refractivity contribution is -0.123. The number of carbonyl (C=O) groups excluding carboxylic acids is 2. The molecule has 0 bridgehead atoms. The highest BCUT2D eigenvalue weighted by atomic mass is 16.2. The number of anilines is 1. The van der Waals surface area contributed by atoms with E-state index in [9.17, 15) is 9.59 Å². The molecule has 0 radical (unpaired) electrons. The van der Waals surface area contributed by atoms with E-state index >= 15 is 0 Å². The molecule has 7 nitrogen and oxygen atoms in total. The van der Waals surface area contributed by atoms with Crippen molar-refractivity contribution in [1.29, 1.82) is 0 Å². The smallest absolute Gasteiger partial charge is 0.319 e. The Balaban J connectivity index is 1.68. The Morgan fingerprint density at radius 3 is 2.43 bits per heavy atom. The van der Waals surface area contributed by atoms with Crippen LogP contribution < -0.4 is 16.4 Å². The number of pyridine rings is 1. The largest absolute Gasteiger partial charge is 0.369 e. The highest BCUT2D eigenvalue weighted by Gasteiger charge is 2.22. The van der Waals surface area contributed by atoms with Gasteiger partial charge in [0.2, 0.25) is 5.91 Å². The molecular formula is C16H25N5O2. The first-order valence-corrected chi connectivity index (χ1v) is 7.96. The highest BCUT2D eigenvalue weighted by Crippen LogP contribution is 2.16. The van der Waals surface area contributed by atoms with Crippen molar-refractivity contribution < 1.29 is 9.59 Å². The fourth-order valence-electron chi connectivity index (χ4n) is 2.85. The molecule has 126 valence electrons. The molecule has 3 amide bonds. The molecule has 0 saturated carbocycles. The lowest BCUT2D eigenvalue weighted by Crippen LogP contribution is -2.42. The monoisotopic (exact) mass is 319 g/mol. The van der Waals surface area contributed by atoms with Gasteiger partial charge in [-0.3, -0.25) is 9.78 Å². The molecular weight excluding hydrogens is 294 g/mol. The molecule has 1 aromatic rings. The van der Waals surface area contributed by atoms with Crippen LogP contribution in [0.1, 0.15) is 24.2 Å². The standard InChI is InChI=1S/C16H25N5O2/c1-11-9-14(10-12(2)19-11)20-16(23)18-5-8-21-6-3-13(4-7-21)15(17)22/h9-10,13H,3-8H2,1-2H3,(H2,17,22)(H2,18,19,20,23). The van der Waals surface area contributed by atoms with E-state index in [0.29, 0.717) is 6.54 Å². The van der Waals surface area contributed by atoms with Crippen LogP contribution >= 0.6 is 0 Å². The maximum atomic E-state index is 11.9. The summed E-state index contributed by atoms with van der Waals surface area (Å²) < 4.78 is 0. The number of hydrogen-bond acceptors (Lipinski definition) is 4. The number of aryl methyl sites for hydroxylation is 2. The topological polar surface area (TPSA) is 100 Å². The molecule has 7 heteroatoms. The maximum absolute atomic E-state index is 11.9. The first-order valence-electron chi connectivity index (χ1n) is 7.96. The van der Waals surface area contributed by atoms with E-state index in [1.807, 2.05) is 26.0 Å². The zero-order chi connectivity index (χ0) is 16.8. The SMILES string of the molecule is Cc1cc(NC(=O)NCCN2CCC(C(N)=O)CC2)cc(C)n1. The van der Waals surface area contributed by atoms with Gasteiger partial charge in [0.15, 0.2) is 0 Å². The number of rotatable bonds is 5. The van der Waals surface area contributed by atoms with Crippen molar-refractivity contribution in [2.24, 2.45) is 11.7 Å². The van der Waals surface area contributed by atoms with Crippen LogP contribution in [-0.2, 0) is 4.79 Å². The molecule has 23 heavy (non-hydrogen) atoms. The summed E-state index contributed by atoms with van der Waals surface area (Å²) in [6.45, 7) is 6.82. The molecule has 1 aliphatic rings. The van der Waals surface area contributed by atoms with E-state index in [0.717, 1.165) is 49.6 Å². The van der Waals surface area contributed by atoms with Gasteiger partial charge in [-0.15, -0.1) is 0 Å². The predicted octanol–water partition coefficient (Wildman–Crippen LogP) is 1.02. The number of nitrogens with one attached hydrogen (secondary N) is 2. The van der Waals surface area contributed by atoms with Crippen LogP contribution in [0.3, 0.4) is 0 Å². The molecule has 0 aromatic carbocycles. The predicted molar refractivity (Wildman–Crippen MR) is 89.1 cm³/mol. The summed E-state index contributed by atoms with van der Waals surface area (Å²) in [5.74, 6) is -0.203. The van der Waals surface area contributed by atoms with E-state index in [1.165, 1.54) is 0 Å². The molecule has 0 atom stereocenters. The van der Waals surface area contributed by atoms with Crippen molar-refractivity contribution in [3.8, 4) is 0 Å². The second-order valence-corrected chi connectivity index (χ2v) is 6.04. The van der Waals surface area contributed by atoms with Gasteiger partial charge in [-0.25, -0.2) is 4.79 Å². The van der Waals surface area contributed by atoms with E-state index < -0.39 is 0 Å². The summed E-state index contributed by atoms with van der Waals surface area (Å²) in [5, 5.41) is 5.66. The van der Waals surface area contributed by atoms with Crippen LogP contribution in [0.2, 0.25) is 0 Å². The van der Waals surface area contributed by atoms with E-state index in [4.69, 9.17) is 5.73 Å². The van der Waals surface area contributed by atoms with Crippen LogP contribution in [0, 0.1) is 19.8 Å². The van der Waals surface area contributed by atoms with Gasteiger partial charge >= 0.3 is 6.03 Å². The van der Waals surface area contributed by atoms with Crippen LogP contribution in [0.15, 0.2) is 12.1 Å². The molecule has 0 unspecified atom stereocenters. The van der Waals surface area contributed by atoms with Crippen LogP contribution in [0.5, 0.6) is 0 Å². The Bertz CT molecular complexity index is 547. The number of aromatic nitrogens is 1. The van der Waals surface area contributed by atoms with Crippen molar-refractivity contribution in [3.63, 3.8) is 0 Å². The number of hydrogen-bond donors (Lipinski definition) is 3. The molecule has 0 aliphatic carbocycles. The first-order chi connectivity index (χ1) is 10.9. The van der Waals surface area contributed by atoms with Gasteiger partial charge in [-0.1, -0.05) is 0 Å². The van der Waals surface area contributed by atoms with Crippen LogP contribution in [-0.4, -0.2) is 48.0 Å². The number of piperidine rings is 1. The number of primary amides is 1. The number of nitrogens with two attached hydrogens (primary N) is 1. The number of nitrogens with zero attached hydrogens (tertiary/aromatic N) is 2. The average molecular weight is 319 g/mol. The van der Waals surface area contributed by atoms with Gasteiger partial charge in [-0.05, 0) is 51.9 Å². The van der Waals surface area contributed by atoms with Crippen LogP contribution in [0.4, 0.5) is 10.5 Å². The zero-order valence-electron chi connectivity index (χ0n) is 13.8. The average Bonchev–Trinajstić information content (AvgIpc) is 2.46. The van der Waals surface area contributed by atoms with Gasteiger partial charge < -0.3 is 21.3 Å². The second kappa shape index (κ2) is 7.92. The van der Waals surface area contributed by atoms with Crippen LogP contribution in [0.25, 0.3) is 0 Å². The van der Waals surface area contributed by atoms with Crippen molar-refractivity contribution in [2.75, 3.05) is 31.5 Å². The first kappa shape index (κ1) is 17.2. The summed E-state index contributed by atoms with van der Waals surface area (Å²) >= 11 is 0. The van der Waals surface area contributed by atoms with Gasteiger partial charge in [0.05, 0.1) is 0 Å². The molecule has 1 aliphatic heterocycles. The molecule has 1 fully saturated rings. The molecule has 0 spiro atoms. The molecule has 4 N–H and O–H groups in total. The van der Waals surface area contributed by atoms with E-state index in [2.05, 4.69) is 20.5 Å². The minimum absolute atomic E-state index is 0.000627.